The van der Waals surface area contributed by atoms with Crippen molar-refractivity contribution in [2.45, 2.75) is 44.8 Å². The van der Waals surface area contributed by atoms with E-state index in [2.05, 4.69) is 34.4 Å². The van der Waals surface area contributed by atoms with Gasteiger partial charge in [-0.15, -0.1) is 5.10 Å². The molecule has 2 heterocycles. The summed E-state index contributed by atoms with van der Waals surface area (Å²) in [6.07, 6.45) is 6.21. The molecule has 5 rings (SSSR count). The lowest BCUT2D eigenvalue weighted by molar-refractivity contribution is 0.134. The van der Waals surface area contributed by atoms with Crippen molar-refractivity contribution in [3.05, 3.63) is 76.0 Å². The molecule has 1 saturated carbocycles. The Bertz CT molecular complexity index is 1310. The number of fused-ring (bicyclic) bond motifs is 1. The zero-order valence-electron chi connectivity index (χ0n) is 17.7. The zero-order valence-corrected chi connectivity index (χ0v) is 17.7. The summed E-state index contributed by atoms with van der Waals surface area (Å²) in [7, 11) is 1.85. The van der Waals surface area contributed by atoms with Gasteiger partial charge < -0.3 is 5.11 Å². The average Bonchev–Trinajstić information content (AvgIpc) is 3.38. The van der Waals surface area contributed by atoms with Gasteiger partial charge in [0.25, 0.3) is 5.56 Å². The summed E-state index contributed by atoms with van der Waals surface area (Å²) in [5.41, 5.74) is 5.86. The van der Waals surface area contributed by atoms with Crippen LogP contribution < -0.4 is 5.56 Å². The van der Waals surface area contributed by atoms with E-state index in [9.17, 15) is 9.90 Å². The van der Waals surface area contributed by atoms with E-state index in [0.29, 0.717) is 10.9 Å². The van der Waals surface area contributed by atoms with Crippen LogP contribution in [0.1, 0.15) is 42.0 Å². The van der Waals surface area contributed by atoms with E-state index in [0.717, 1.165) is 53.6 Å². The minimum Gasteiger partial charge on any atom is -0.391 e. The highest BCUT2D eigenvalue weighted by Crippen LogP contribution is 2.29. The van der Waals surface area contributed by atoms with Crippen molar-refractivity contribution in [2.24, 2.45) is 7.05 Å². The fourth-order valence-electron chi connectivity index (χ4n) is 4.50. The SMILES string of the molecule is Cc1cc2ncn(C3CCCC3O)c(=O)c2cc1Cc1ccc(-c2cn(C)nn2)cc1. The monoisotopic (exact) mass is 415 g/mol. The first-order chi connectivity index (χ1) is 15.0. The molecule has 0 aliphatic heterocycles. The quantitative estimate of drug-likeness (QED) is 0.553. The van der Waals surface area contributed by atoms with Gasteiger partial charge in [0.15, 0.2) is 0 Å². The second kappa shape index (κ2) is 7.74. The smallest absolute Gasteiger partial charge is 0.261 e. The highest BCUT2D eigenvalue weighted by Gasteiger charge is 2.28. The maximum atomic E-state index is 13.2. The second-order valence-electron chi connectivity index (χ2n) is 8.47. The van der Waals surface area contributed by atoms with Crippen molar-refractivity contribution < 1.29 is 5.11 Å². The molecule has 0 spiro atoms. The summed E-state index contributed by atoms with van der Waals surface area (Å²) >= 11 is 0. The molecule has 1 fully saturated rings. The predicted molar refractivity (Wildman–Crippen MR) is 119 cm³/mol. The fraction of sp³-hybridized carbons (Fsp3) is 0.333. The minimum absolute atomic E-state index is 0.0739. The van der Waals surface area contributed by atoms with Crippen LogP contribution in [0.15, 0.2) is 53.7 Å². The van der Waals surface area contributed by atoms with Crippen molar-refractivity contribution in [1.82, 2.24) is 24.5 Å². The molecule has 7 heteroatoms. The highest BCUT2D eigenvalue weighted by molar-refractivity contribution is 5.79. The molecule has 4 aromatic rings. The van der Waals surface area contributed by atoms with Crippen molar-refractivity contribution in [2.75, 3.05) is 0 Å². The summed E-state index contributed by atoms with van der Waals surface area (Å²) in [5.74, 6) is 0. The topological polar surface area (TPSA) is 85.8 Å². The summed E-state index contributed by atoms with van der Waals surface area (Å²) in [6, 6.07) is 12.0. The van der Waals surface area contributed by atoms with Crippen LogP contribution in [0.2, 0.25) is 0 Å². The average molecular weight is 415 g/mol. The van der Waals surface area contributed by atoms with Gasteiger partial charge in [-0.25, -0.2) is 4.98 Å². The Balaban J connectivity index is 1.47. The van der Waals surface area contributed by atoms with Gasteiger partial charge in [-0.2, -0.15) is 0 Å². The molecule has 2 atom stereocenters. The van der Waals surface area contributed by atoms with E-state index in [4.69, 9.17) is 0 Å². The molecule has 1 N–H and O–H groups in total. The molecule has 2 aromatic carbocycles. The van der Waals surface area contributed by atoms with Crippen LogP contribution in [0.5, 0.6) is 0 Å². The van der Waals surface area contributed by atoms with E-state index in [1.54, 1.807) is 15.6 Å². The molecule has 0 amide bonds. The molecule has 2 unspecified atom stereocenters. The first-order valence-electron chi connectivity index (χ1n) is 10.6. The van der Waals surface area contributed by atoms with Crippen LogP contribution in [0.25, 0.3) is 22.2 Å². The standard InChI is InChI=1S/C24H25N5O2/c1-15-10-20-19(24(31)29(14-25-20)22-4-3-5-23(22)30)12-18(15)11-16-6-8-17(9-7-16)21-13-28(2)27-26-21/h6-10,12-14,22-23,30H,3-5,11H2,1-2H3. The molecule has 31 heavy (non-hydrogen) atoms. The third-order valence-electron chi connectivity index (χ3n) is 6.29. The van der Waals surface area contributed by atoms with Crippen LogP contribution in [-0.2, 0) is 13.5 Å². The van der Waals surface area contributed by atoms with Gasteiger partial charge in [-0.05, 0) is 61.4 Å². The predicted octanol–water partition coefficient (Wildman–Crippen LogP) is 3.18. The fourth-order valence-corrected chi connectivity index (χ4v) is 4.50. The van der Waals surface area contributed by atoms with Crippen LogP contribution in [0, 0.1) is 6.92 Å². The van der Waals surface area contributed by atoms with Gasteiger partial charge in [0.05, 0.1) is 35.6 Å². The number of aliphatic hydroxyl groups excluding tert-OH is 1. The largest absolute Gasteiger partial charge is 0.391 e. The molecule has 1 aliphatic carbocycles. The Hall–Kier alpha value is -3.32. The number of rotatable bonds is 4. The van der Waals surface area contributed by atoms with E-state index >= 15 is 0 Å². The maximum absolute atomic E-state index is 13.2. The van der Waals surface area contributed by atoms with E-state index in [1.807, 2.05) is 37.5 Å². The zero-order chi connectivity index (χ0) is 21.5. The third kappa shape index (κ3) is 3.65. The molecule has 0 saturated heterocycles. The van der Waals surface area contributed by atoms with E-state index in [1.165, 1.54) is 0 Å². The molecular formula is C24H25N5O2. The van der Waals surface area contributed by atoms with Crippen molar-refractivity contribution in [3.8, 4) is 11.3 Å². The summed E-state index contributed by atoms with van der Waals surface area (Å²) in [5, 5.41) is 19.0. The third-order valence-corrected chi connectivity index (χ3v) is 6.29. The Morgan fingerprint density at radius 3 is 2.65 bits per heavy atom. The van der Waals surface area contributed by atoms with Gasteiger partial charge in [0.2, 0.25) is 0 Å². The highest BCUT2D eigenvalue weighted by atomic mass is 16.3. The Morgan fingerprint density at radius 2 is 1.97 bits per heavy atom. The normalized spacial score (nSPS) is 18.7. The summed E-state index contributed by atoms with van der Waals surface area (Å²) < 4.78 is 3.31. The number of nitrogens with zero attached hydrogens (tertiary/aromatic N) is 5. The lowest BCUT2D eigenvalue weighted by atomic mass is 9.97. The maximum Gasteiger partial charge on any atom is 0.261 e. The Kier molecular flexibility index (Phi) is 4.90. The molecule has 0 radical (unpaired) electrons. The summed E-state index contributed by atoms with van der Waals surface area (Å²) in [6.45, 7) is 2.05. The van der Waals surface area contributed by atoms with E-state index in [-0.39, 0.29) is 11.6 Å². The minimum atomic E-state index is -0.477. The Morgan fingerprint density at radius 1 is 1.16 bits per heavy atom. The molecule has 1 aliphatic rings. The molecule has 2 aromatic heterocycles. The number of hydrogen-bond donors (Lipinski definition) is 1. The number of benzene rings is 2. The second-order valence-corrected chi connectivity index (χ2v) is 8.47. The van der Waals surface area contributed by atoms with Crippen molar-refractivity contribution >= 4 is 10.9 Å². The van der Waals surface area contributed by atoms with Crippen molar-refractivity contribution in [3.63, 3.8) is 0 Å². The molecule has 0 bridgehead atoms. The van der Waals surface area contributed by atoms with Crippen LogP contribution in [0.4, 0.5) is 0 Å². The molecule has 7 nitrogen and oxygen atoms in total. The number of aromatic nitrogens is 5. The van der Waals surface area contributed by atoms with Crippen LogP contribution in [0.3, 0.4) is 0 Å². The first-order valence-corrected chi connectivity index (χ1v) is 10.6. The molecular weight excluding hydrogens is 390 g/mol. The van der Waals surface area contributed by atoms with Gasteiger partial charge in [0, 0.05) is 12.6 Å². The Labute approximate surface area is 180 Å². The lowest BCUT2D eigenvalue weighted by Gasteiger charge is -2.18. The van der Waals surface area contributed by atoms with Crippen molar-refractivity contribution in [1.29, 1.82) is 0 Å². The first kappa shape index (κ1) is 19.6. The van der Waals surface area contributed by atoms with Gasteiger partial charge in [-0.1, -0.05) is 29.5 Å². The number of aryl methyl sites for hydroxylation is 2. The number of hydrogen-bond acceptors (Lipinski definition) is 5. The van der Waals surface area contributed by atoms with Gasteiger partial charge in [-0.3, -0.25) is 14.0 Å². The van der Waals surface area contributed by atoms with Gasteiger partial charge >= 0.3 is 0 Å². The van der Waals surface area contributed by atoms with Crippen LogP contribution in [-0.4, -0.2) is 35.8 Å². The molecule has 158 valence electrons. The van der Waals surface area contributed by atoms with E-state index < -0.39 is 6.10 Å². The number of aliphatic hydroxyl groups is 1. The summed E-state index contributed by atoms with van der Waals surface area (Å²) in [4.78, 5) is 17.7. The van der Waals surface area contributed by atoms with Crippen LogP contribution >= 0.6 is 0 Å². The van der Waals surface area contributed by atoms with Gasteiger partial charge in [0.1, 0.15) is 5.69 Å². The lowest BCUT2D eigenvalue weighted by Crippen LogP contribution is -2.29.